The number of nitrogens with zero attached hydrogens (tertiary/aromatic N) is 2. The van der Waals surface area contributed by atoms with Gasteiger partial charge in [-0.25, -0.2) is 0 Å². The van der Waals surface area contributed by atoms with Crippen LogP contribution in [0.15, 0.2) is 64.4 Å². The second kappa shape index (κ2) is 9.13. The molecule has 156 valence electrons. The Morgan fingerprint density at radius 3 is 2.27 bits per heavy atom. The molecule has 0 atom stereocenters. The van der Waals surface area contributed by atoms with Crippen LogP contribution in [-0.4, -0.2) is 29.3 Å². The Balaban J connectivity index is 1.76. The van der Waals surface area contributed by atoms with Gasteiger partial charge >= 0.3 is 11.1 Å². The number of rotatable bonds is 7. The molecule has 0 fully saturated rings. The largest absolute Gasteiger partial charge is 0.497 e. The number of methoxy groups -OCH3 is 2. The third-order valence-electron chi connectivity index (χ3n) is 4.60. The summed E-state index contributed by atoms with van der Waals surface area (Å²) in [4.78, 5) is 37.3. The monoisotopic (exact) mass is 409 g/mol. The first kappa shape index (κ1) is 20.9. The second-order valence-electron chi connectivity index (χ2n) is 6.76. The molecule has 0 aliphatic rings. The van der Waals surface area contributed by atoms with Crippen LogP contribution in [0, 0.1) is 6.92 Å². The minimum atomic E-state index is -0.766. The molecule has 3 aromatic rings. The fourth-order valence-corrected chi connectivity index (χ4v) is 2.94. The van der Waals surface area contributed by atoms with Gasteiger partial charge in [0.05, 0.1) is 26.5 Å². The molecule has 0 bridgehead atoms. The van der Waals surface area contributed by atoms with Gasteiger partial charge in [-0.1, -0.05) is 29.8 Å². The quantitative estimate of drug-likeness (QED) is 0.603. The van der Waals surface area contributed by atoms with Crippen molar-refractivity contribution in [3.8, 4) is 11.5 Å². The Morgan fingerprint density at radius 1 is 0.933 bits per heavy atom. The standard InChI is InChI=1S/C22H23N3O5/c1-15-4-6-16(7-5-15)13-24-10-11-25(22(28)21(24)27)14-20(26)23-18-12-17(29-2)8-9-19(18)30-3/h4-12H,13-14H2,1-3H3,(H,23,26). The lowest BCUT2D eigenvalue weighted by atomic mass is 10.1. The van der Waals surface area contributed by atoms with Crippen molar-refractivity contribution in [3.05, 3.63) is 86.7 Å². The second-order valence-corrected chi connectivity index (χ2v) is 6.76. The van der Waals surface area contributed by atoms with E-state index in [1.807, 2.05) is 31.2 Å². The predicted octanol–water partition coefficient (Wildman–Crippen LogP) is 2.02. The molecular weight excluding hydrogens is 386 g/mol. The van der Waals surface area contributed by atoms with Crippen LogP contribution in [0.3, 0.4) is 0 Å². The summed E-state index contributed by atoms with van der Waals surface area (Å²) in [5.41, 5.74) is 0.965. The molecule has 0 unspecified atom stereocenters. The van der Waals surface area contributed by atoms with Gasteiger partial charge in [-0.2, -0.15) is 0 Å². The van der Waals surface area contributed by atoms with Gasteiger partial charge in [-0.15, -0.1) is 0 Å². The van der Waals surface area contributed by atoms with E-state index in [0.717, 1.165) is 15.7 Å². The molecule has 30 heavy (non-hydrogen) atoms. The minimum Gasteiger partial charge on any atom is -0.497 e. The van der Waals surface area contributed by atoms with E-state index in [0.29, 0.717) is 17.2 Å². The van der Waals surface area contributed by atoms with Crippen LogP contribution in [0.4, 0.5) is 5.69 Å². The number of amides is 1. The first-order valence-electron chi connectivity index (χ1n) is 9.28. The average molecular weight is 409 g/mol. The van der Waals surface area contributed by atoms with Crippen LogP contribution in [0.25, 0.3) is 0 Å². The molecule has 1 amide bonds. The van der Waals surface area contributed by atoms with Gasteiger partial charge in [-0.05, 0) is 24.6 Å². The molecule has 3 rings (SSSR count). The molecule has 0 saturated heterocycles. The molecule has 0 spiro atoms. The molecule has 1 heterocycles. The molecule has 0 saturated carbocycles. The smallest absolute Gasteiger partial charge is 0.316 e. The van der Waals surface area contributed by atoms with E-state index in [1.165, 1.54) is 31.2 Å². The first-order valence-corrected chi connectivity index (χ1v) is 9.28. The number of carbonyl (C=O) groups is 1. The van der Waals surface area contributed by atoms with E-state index in [9.17, 15) is 14.4 Å². The van der Waals surface area contributed by atoms with Gasteiger partial charge in [-0.3, -0.25) is 19.0 Å². The van der Waals surface area contributed by atoms with E-state index < -0.39 is 17.0 Å². The van der Waals surface area contributed by atoms with Gasteiger partial charge < -0.3 is 19.4 Å². The van der Waals surface area contributed by atoms with E-state index >= 15 is 0 Å². The lowest BCUT2D eigenvalue weighted by molar-refractivity contribution is -0.116. The lowest BCUT2D eigenvalue weighted by Gasteiger charge is -2.13. The van der Waals surface area contributed by atoms with Crippen LogP contribution in [-0.2, 0) is 17.9 Å². The topological polar surface area (TPSA) is 91.6 Å². The summed E-state index contributed by atoms with van der Waals surface area (Å²) < 4.78 is 12.8. The maximum Gasteiger partial charge on any atom is 0.316 e. The summed E-state index contributed by atoms with van der Waals surface area (Å²) >= 11 is 0. The van der Waals surface area contributed by atoms with Gasteiger partial charge in [0, 0.05) is 18.5 Å². The molecule has 0 radical (unpaired) electrons. The number of aromatic nitrogens is 2. The van der Waals surface area contributed by atoms with Crippen molar-refractivity contribution in [2.45, 2.75) is 20.0 Å². The predicted molar refractivity (Wildman–Crippen MR) is 113 cm³/mol. The molecule has 1 N–H and O–H groups in total. The van der Waals surface area contributed by atoms with Gasteiger partial charge in [0.15, 0.2) is 0 Å². The molecule has 0 aliphatic carbocycles. The number of anilines is 1. The van der Waals surface area contributed by atoms with Crippen LogP contribution in [0.2, 0.25) is 0 Å². The average Bonchev–Trinajstić information content (AvgIpc) is 2.75. The van der Waals surface area contributed by atoms with E-state index in [-0.39, 0.29) is 13.1 Å². The highest BCUT2D eigenvalue weighted by Gasteiger charge is 2.12. The number of hydrogen-bond acceptors (Lipinski definition) is 5. The van der Waals surface area contributed by atoms with Gasteiger partial charge in [0.25, 0.3) is 0 Å². The van der Waals surface area contributed by atoms with Crippen LogP contribution >= 0.6 is 0 Å². The van der Waals surface area contributed by atoms with Crippen molar-refractivity contribution < 1.29 is 14.3 Å². The fraction of sp³-hybridized carbons (Fsp3) is 0.227. The minimum absolute atomic E-state index is 0.280. The number of ether oxygens (including phenoxy) is 2. The molecule has 1 aromatic heterocycles. The number of hydrogen-bond donors (Lipinski definition) is 1. The molecule has 8 heteroatoms. The van der Waals surface area contributed by atoms with Crippen molar-refractivity contribution in [1.29, 1.82) is 0 Å². The van der Waals surface area contributed by atoms with Crippen molar-refractivity contribution in [2.75, 3.05) is 19.5 Å². The van der Waals surface area contributed by atoms with Crippen LogP contribution in [0.5, 0.6) is 11.5 Å². The summed E-state index contributed by atoms with van der Waals surface area (Å²) in [6, 6.07) is 12.7. The number of benzene rings is 2. The molecular formula is C22H23N3O5. The first-order chi connectivity index (χ1) is 14.4. The van der Waals surface area contributed by atoms with Crippen molar-refractivity contribution in [2.24, 2.45) is 0 Å². The number of nitrogens with one attached hydrogen (secondary N) is 1. The Labute approximate surface area is 173 Å². The number of carbonyl (C=O) groups excluding carboxylic acids is 1. The highest BCUT2D eigenvalue weighted by atomic mass is 16.5. The van der Waals surface area contributed by atoms with Gasteiger partial charge in [0.2, 0.25) is 5.91 Å². The third kappa shape index (κ3) is 4.78. The highest BCUT2D eigenvalue weighted by Crippen LogP contribution is 2.28. The maximum absolute atomic E-state index is 12.5. The Morgan fingerprint density at radius 2 is 1.60 bits per heavy atom. The van der Waals surface area contributed by atoms with Crippen molar-refractivity contribution >= 4 is 11.6 Å². The van der Waals surface area contributed by atoms with Crippen molar-refractivity contribution in [3.63, 3.8) is 0 Å². The summed E-state index contributed by atoms with van der Waals surface area (Å²) in [5.74, 6) is 0.520. The van der Waals surface area contributed by atoms with Gasteiger partial charge in [0.1, 0.15) is 18.0 Å². The third-order valence-corrected chi connectivity index (χ3v) is 4.60. The van der Waals surface area contributed by atoms with E-state index in [1.54, 1.807) is 18.2 Å². The molecule has 8 nitrogen and oxygen atoms in total. The summed E-state index contributed by atoms with van der Waals surface area (Å²) in [5, 5.41) is 2.68. The highest BCUT2D eigenvalue weighted by molar-refractivity contribution is 5.92. The Bertz CT molecular complexity index is 1160. The number of aryl methyl sites for hydroxylation is 1. The summed E-state index contributed by atoms with van der Waals surface area (Å²) in [6.07, 6.45) is 2.93. The van der Waals surface area contributed by atoms with Crippen LogP contribution < -0.4 is 25.9 Å². The van der Waals surface area contributed by atoms with Crippen molar-refractivity contribution in [1.82, 2.24) is 9.13 Å². The van der Waals surface area contributed by atoms with E-state index in [2.05, 4.69) is 5.32 Å². The zero-order valence-electron chi connectivity index (χ0n) is 17.0. The maximum atomic E-state index is 12.5. The SMILES string of the molecule is COc1ccc(OC)c(NC(=O)Cn2ccn(Cc3ccc(C)cc3)c(=O)c2=O)c1. The molecule has 0 aliphatic heterocycles. The summed E-state index contributed by atoms with van der Waals surface area (Å²) in [6.45, 7) is 1.95. The Kier molecular flexibility index (Phi) is 6.36. The molecule has 2 aromatic carbocycles. The lowest BCUT2D eigenvalue weighted by Crippen LogP contribution is -2.42. The zero-order chi connectivity index (χ0) is 21.7. The van der Waals surface area contributed by atoms with E-state index in [4.69, 9.17) is 9.47 Å². The normalized spacial score (nSPS) is 10.5. The fourth-order valence-electron chi connectivity index (χ4n) is 2.94. The Hall–Kier alpha value is -3.81. The zero-order valence-corrected chi connectivity index (χ0v) is 17.0. The van der Waals surface area contributed by atoms with Crippen LogP contribution in [0.1, 0.15) is 11.1 Å². The summed E-state index contributed by atoms with van der Waals surface area (Å²) in [7, 11) is 2.99.